The Hall–Kier alpha value is -0.970. The van der Waals surface area contributed by atoms with Crippen molar-refractivity contribution in [2.75, 3.05) is 6.54 Å². The largest absolute Gasteiger partial charge is 0.310 e. The molecule has 0 aliphatic heterocycles. The van der Waals surface area contributed by atoms with Gasteiger partial charge in [0.15, 0.2) is 5.82 Å². The average molecular weight is 223 g/mol. The summed E-state index contributed by atoms with van der Waals surface area (Å²) >= 11 is 0. The molecule has 1 N–H and O–H groups in total. The lowest BCUT2D eigenvalue weighted by Gasteiger charge is -2.22. The fraction of sp³-hybridized carbons (Fsp3) is 0.909. The van der Waals surface area contributed by atoms with Crippen LogP contribution >= 0.6 is 0 Å². The van der Waals surface area contributed by atoms with Gasteiger partial charge in [-0.1, -0.05) is 26.2 Å². The summed E-state index contributed by atoms with van der Waals surface area (Å²) in [5.74, 6) is 0.986. The standard InChI is InChI=1S/C11H21N5/c1-2-8-12-9-11-13-14-15-16(11)10-6-4-3-5-7-10/h10,12H,2-9H2,1H3. The summed E-state index contributed by atoms with van der Waals surface area (Å²) in [6, 6.07) is 0.530. The van der Waals surface area contributed by atoms with Crippen LogP contribution in [0, 0.1) is 0 Å². The van der Waals surface area contributed by atoms with Crippen LogP contribution in [0.2, 0.25) is 0 Å². The number of tetrazole rings is 1. The maximum absolute atomic E-state index is 4.13. The number of hydrogen-bond donors (Lipinski definition) is 1. The fourth-order valence-corrected chi connectivity index (χ4v) is 2.31. The van der Waals surface area contributed by atoms with Gasteiger partial charge in [0, 0.05) is 0 Å². The van der Waals surface area contributed by atoms with E-state index >= 15 is 0 Å². The summed E-state index contributed by atoms with van der Waals surface area (Å²) in [4.78, 5) is 0. The Bertz CT molecular complexity index is 303. The van der Waals surface area contributed by atoms with Crippen molar-refractivity contribution in [3.8, 4) is 0 Å². The van der Waals surface area contributed by atoms with E-state index in [9.17, 15) is 0 Å². The van der Waals surface area contributed by atoms with Crippen molar-refractivity contribution in [3.63, 3.8) is 0 Å². The van der Waals surface area contributed by atoms with E-state index in [2.05, 4.69) is 27.8 Å². The highest BCUT2D eigenvalue weighted by Gasteiger charge is 2.19. The molecule has 1 aromatic rings. The fourth-order valence-electron chi connectivity index (χ4n) is 2.31. The Balaban J connectivity index is 1.94. The van der Waals surface area contributed by atoms with Gasteiger partial charge in [0.2, 0.25) is 0 Å². The summed E-state index contributed by atoms with van der Waals surface area (Å²) in [6.07, 6.45) is 7.59. The van der Waals surface area contributed by atoms with E-state index < -0.39 is 0 Å². The molecule has 90 valence electrons. The van der Waals surface area contributed by atoms with Gasteiger partial charge in [0.25, 0.3) is 0 Å². The van der Waals surface area contributed by atoms with E-state index in [1.54, 1.807) is 0 Å². The normalized spacial score (nSPS) is 17.8. The van der Waals surface area contributed by atoms with E-state index in [4.69, 9.17) is 0 Å². The van der Waals surface area contributed by atoms with Crippen LogP contribution in [-0.2, 0) is 6.54 Å². The molecule has 5 heteroatoms. The third kappa shape index (κ3) is 2.78. The van der Waals surface area contributed by atoms with Crippen molar-refractivity contribution in [2.24, 2.45) is 0 Å². The molecule has 5 nitrogen and oxygen atoms in total. The molecule has 2 rings (SSSR count). The second-order valence-electron chi connectivity index (χ2n) is 4.51. The van der Waals surface area contributed by atoms with Crippen molar-refractivity contribution in [3.05, 3.63) is 5.82 Å². The van der Waals surface area contributed by atoms with Crippen molar-refractivity contribution < 1.29 is 0 Å². The van der Waals surface area contributed by atoms with Crippen LogP contribution in [0.25, 0.3) is 0 Å². The van der Waals surface area contributed by atoms with E-state index in [1.165, 1.54) is 32.1 Å². The molecule has 16 heavy (non-hydrogen) atoms. The molecule has 1 aromatic heterocycles. The second-order valence-corrected chi connectivity index (χ2v) is 4.51. The molecule has 0 amide bonds. The quantitative estimate of drug-likeness (QED) is 0.772. The summed E-state index contributed by atoms with van der Waals surface area (Å²) in [5, 5.41) is 15.4. The first kappa shape index (κ1) is 11.5. The highest BCUT2D eigenvalue weighted by Crippen LogP contribution is 2.27. The van der Waals surface area contributed by atoms with E-state index in [-0.39, 0.29) is 0 Å². The Kier molecular flexibility index (Phi) is 4.27. The number of hydrogen-bond acceptors (Lipinski definition) is 4. The Morgan fingerprint density at radius 2 is 2.12 bits per heavy atom. The van der Waals surface area contributed by atoms with Gasteiger partial charge in [-0.25, -0.2) is 4.68 Å². The van der Waals surface area contributed by atoms with Crippen LogP contribution in [0.5, 0.6) is 0 Å². The number of nitrogens with zero attached hydrogens (tertiary/aromatic N) is 4. The van der Waals surface area contributed by atoms with Crippen LogP contribution in [0.15, 0.2) is 0 Å². The molecule has 0 spiro atoms. The number of nitrogens with one attached hydrogen (secondary N) is 1. The van der Waals surface area contributed by atoms with Crippen LogP contribution < -0.4 is 5.32 Å². The lowest BCUT2D eigenvalue weighted by atomic mass is 9.96. The van der Waals surface area contributed by atoms with Gasteiger partial charge in [0.1, 0.15) is 0 Å². The molecular formula is C11H21N5. The molecule has 1 fully saturated rings. The molecule has 0 atom stereocenters. The van der Waals surface area contributed by atoms with Gasteiger partial charge < -0.3 is 5.32 Å². The highest BCUT2D eigenvalue weighted by molar-refractivity contribution is 4.85. The zero-order valence-electron chi connectivity index (χ0n) is 10.0. The lowest BCUT2D eigenvalue weighted by molar-refractivity contribution is 0.315. The summed E-state index contributed by atoms with van der Waals surface area (Å²) in [5.41, 5.74) is 0. The maximum Gasteiger partial charge on any atom is 0.165 e. The molecule has 1 aliphatic rings. The first-order valence-electron chi connectivity index (χ1n) is 6.39. The van der Waals surface area contributed by atoms with Crippen molar-refractivity contribution in [1.82, 2.24) is 25.5 Å². The average Bonchev–Trinajstić information content (AvgIpc) is 2.79. The van der Waals surface area contributed by atoms with Crippen LogP contribution in [0.3, 0.4) is 0 Å². The highest BCUT2D eigenvalue weighted by atomic mass is 15.6. The van der Waals surface area contributed by atoms with Gasteiger partial charge in [-0.15, -0.1) is 5.10 Å². The monoisotopic (exact) mass is 223 g/mol. The Morgan fingerprint density at radius 3 is 2.88 bits per heavy atom. The van der Waals surface area contributed by atoms with Gasteiger partial charge in [-0.2, -0.15) is 0 Å². The summed E-state index contributed by atoms with van der Waals surface area (Å²) in [7, 11) is 0. The van der Waals surface area contributed by atoms with E-state index in [0.29, 0.717) is 6.04 Å². The summed E-state index contributed by atoms with van der Waals surface area (Å²) < 4.78 is 2.03. The molecular weight excluding hydrogens is 202 g/mol. The topological polar surface area (TPSA) is 55.6 Å². The predicted octanol–water partition coefficient (Wildman–Crippen LogP) is 1.68. The zero-order chi connectivity index (χ0) is 11.2. The van der Waals surface area contributed by atoms with Gasteiger partial charge >= 0.3 is 0 Å². The third-order valence-electron chi connectivity index (χ3n) is 3.19. The molecule has 1 saturated carbocycles. The maximum atomic E-state index is 4.13. The van der Waals surface area contributed by atoms with Gasteiger partial charge in [-0.05, 0) is 36.2 Å². The smallest absolute Gasteiger partial charge is 0.165 e. The molecule has 1 heterocycles. The first-order valence-corrected chi connectivity index (χ1v) is 6.39. The predicted molar refractivity (Wildman–Crippen MR) is 61.9 cm³/mol. The second kappa shape index (κ2) is 5.94. The molecule has 0 radical (unpaired) electrons. The zero-order valence-corrected chi connectivity index (χ0v) is 10.0. The van der Waals surface area contributed by atoms with Crippen molar-refractivity contribution in [2.45, 2.75) is 58.0 Å². The Morgan fingerprint density at radius 1 is 1.31 bits per heavy atom. The lowest BCUT2D eigenvalue weighted by Crippen LogP contribution is -2.22. The van der Waals surface area contributed by atoms with E-state index in [1.807, 2.05) is 4.68 Å². The minimum Gasteiger partial charge on any atom is -0.310 e. The van der Waals surface area contributed by atoms with Crippen molar-refractivity contribution >= 4 is 0 Å². The molecule has 0 saturated heterocycles. The molecule has 0 unspecified atom stereocenters. The minimum atomic E-state index is 0.530. The molecule has 0 bridgehead atoms. The SMILES string of the molecule is CCCNCc1nnnn1C1CCCCC1. The minimum absolute atomic E-state index is 0.530. The van der Waals surface area contributed by atoms with Crippen LogP contribution in [0.4, 0.5) is 0 Å². The summed E-state index contributed by atoms with van der Waals surface area (Å²) in [6.45, 7) is 3.98. The molecule has 0 aromatic carbocycles. The van der Waals surface area contributed by atoms with Gasteiger partial charge in [-0.3, -0.25) is 0 Å². The van der Waals surface area contributed by atoms with Crippen LogP contribution in [0.1, 0.15) is 57.3 Å². The van der Waals surface area contributed by atoms with Crippen LogP contribution in [-0.4, -0.2) is 26.8 Å². The van der Waals surface area contributed by atoms with Crippen molar-refractivity contribution in [1.29, 1.82) is 0 Å². The van der Waals surface area contributed by atoms with E-state index in [0.717, 1.165) is 25.3 Å². The number of rotatable bonds is 5. The van der Waals surface area contributed by atoms with Gasteiger partial charge in [0.05, 0.1) is 12.6 Å². The third-order valence-corrected chi connectivity index (χ3v) is 3.19. The number of aromatic nitrogens is 4. The molecule has 1 aliphatic carbocycles. The first-order chi connectivity index (χ1) is 7.92. The Labute approximate surface area is 96.6 Å².